The monoisotopic (exact) mass is 590 g/mol. The number of ether oxygens (including phenoxy) is 4. The lowest BCUT2D eigenvalue weighted by Crippen LogP contribution is -2.67. The molecule has 0 bridgehead atoms. The van der Waals surface area contributed by atoms with E-state index >= 15 is 0 Å². The Morgan fingerprint density at radius 2 is 1.63 bits per heavy atom. The summed E-state index contributed by atoms with van der Waals surface area (Å²) < 4.78 is 25.8. The summed E-state index contributed by atoms with van der Waals surface area (Å²) in [4.78, 5) is 12.0. The molecule has 2 aliphatic heterocycles. The fourth-order valence-corrected chi connectivity index (χ4v) is 11.8. The van der Waals surface area contributed by atoms with E-state index in [-0.39, 0.29) is 51.0 Å². The molecule has 236 valence electrons. The van der Waals surface area contributed by atoms with Crippen LogP contribution in [0.5, 0.6) is 0 Å². The van der Waals surface area contributed by atoms with Gasteiger partial charge < -0.3 is 18.9 Å². The molecule has 7 rings (SSSR count). The van der Waals surface area contributed by atoms with Gasteiger partial charge >= 0.3 is 5.97 Å². The van der Waals surface area contributed by atoms with Crippen LogP contribution in [0, 0.1) is 44.8 Å². The number of fused-ring (bicyclic) bond motifs is 9. The van der Waals surface area contributed by atoms with Crippen LogP contribution in [0.3, 0.4) is 0 Å². The van der Waals surface area contributed by atoms with E-state index in [0.29, 0.717) is 17.8 Å². The van der Waals surface area contributed by atoms with E-state index in [4.69, 9.17) is 18.9 Å². The second-order valence-electron chi connectivity index (χ2n) is 17.1. The molecule has 6 aliphatic rings. The van der Waals surface area contributed by atoms with Crippen molar-refractivity contribution in [1.29, 1.82) is 0 Å². The number of esters is 1. The molecule has 0 aromatic heterocycles. The molecule has 0 amide bonds. The summed E-state index contributed by atoms with van der Waals surface area (Å²) in [5.41, 5.74) is 2.87. The van der Waals surface area contributed by atoms with Crippen LogP contribution in [0.15, 0.2) is 42.0 Å². The highest BCUT2D eigenvalue weighted by Gasteiger charge is 2.70. The average Bonchev–Trinajstić information content (AvgIpc) is 2.94. The number of rotatable bonds is 2. The summed E-state index contributed by atoms with van der Waals surface area (Å²) in [5, 5.41) is 0. The fourth-order valence-electron chi connectivity index (χ4n) is 11.8. The Hall–Kier alpha value is -1.69. The van der Waals surface area contributed by atoms with Gasteiger partial charge in [0.15, 0.2) is 6.29 Å². The third kappa shape index (κ3) is 4.16. The molecule has 11 atom stereocenters. The lowest BCUT2D eigenvalue weighted by molar-refractivity contribution is -0.320. The standard InChI is InChI=1S/C38H54O5/c1-24(39)41-32-33(2,3)22-27-26-14-15-29-34(4)18-17-30-35(5,23-40-31(42-30)25-12-10-9-11-13-25)28(34)16-19-37(29,7)36(26,6)20-21-38(27,8)43-32/h9-14,27-32H,15-23H2,1-8H3/t27-,28?,29-,30?,31?,32+,34+,35+,36-,37-,38-/m1/s1. The van der Waals surface area contributed by atoms with E-state index in [1.807, 2.05) is 0 Å². The predicted molar refractivity (Wildman–Crippen MR) is 167 cm³/mol. The Morgan fingerprint density at radius 1 is 0.884 bits per heavy atom. The maximum absolute atomic E-state index is 12.0. The Kier molecular flexibility index (Phi) is 6.74. The molecule has 4 aliphatic carbocycles. The Labute approximate surface area is 259 Å². The lowest BCUT2D eigenvalue weighted by Gasteiger charge is -2.72. The van der Waals surface area contributed by atoms with Gasteiger partial charge in [0.2, 0.25) is 6.29 Å². The molecular weight excluding hydrogens is 536 g/mol. The second-order valence-corrected chi connectivity index (χ2v) is 17.1. The zero-order valence-electron chi connectivity index (χ0n) is 27.8. The largest absolute Gasteiger partial charge is 0.435 e. The second kappa shape index (κ2) is 9.66. The molecule has 1 aromatic carbocycles. The third-order valence-electron chi connectivity index (χ3n) is 14.4. The van der Waals surface area contributed by atoms with Crippen LogP contribution in [0.25, 0.3) is 0 Å². The van der Waals surface area contributed by atoms with Crippen molar-refractivity contribution in [2.45, 2.75) is 131 Å². The molecular formula is C38H54O5. The van der Waals surface area contributed by atoms with Crippen LogP contribution in [0.2, 0.25) is 0 Å². The van der Waals surface area contributed by atoms with Gasteiger partial charge in [0.05, 0.1) is 18.3 Å². The highest BCUT2D eigenvalue weighted by molar-refractivity contribution is 5.66. The van der Waals surface area contributed by atoms with E-state index in [9.17, 15) is 4.79 Å². The molecule has 0 N–H and O–H groups in total. The molecule has 43 heavy (non-hydrogen) atoms. The molecule has 0 radical (unpaired) electrons. The first-order chi connectivity index (χ1) is 20.2. The van der Waals surface area contributed by atoms with Gasteiger partial charge in [0.1, 0.15) is 0 Å². The highest BCUT2D eigenvalue weighted by Crippen LogP contribution is 2.75. The minimum absolute atomic E-state index is 0.0304. The molecule has 3 unspecified atom stereocenters. The topological polar surface area (TPSA) is 54.0 Å². The fraction of sp³-hybridized carbons (Fsp3) is 0.763. The van der Waals surface area contributed by atoms with Crippen LogP contribution < -0.4 is 0 Å². The van der Waals surface area contributed by atoms with Gasteiger partial charge in [-0.25, -0.2) is 0 Å². The van der Waals surface area contributed by atoms with E-state index in [1.54, 1.807) is 5.57 Å². The molecule has 5 heteroatoms. The van der Waals surface area contributed by atoms with E-state index in [2.05, 4.69) is 84.9 Å². The number of hydrogen-bond acceptors (Lipinski definition) is 5. The van der Waals surface area contributed by atoms with Crippen LogP contribution in [-0.2, 0) is 23.7 Å². The smallest absolute Gasteiger partial charge is 0.304 e. The molecule has 5 nitrogen and oxygen atoms in total. The number of benzene rings is 1. The first-order valence-electron chi connectivity index (χ1n) is 17.0. The summed E-state index contributed by atoms with van der Waals surface area (Å²) in [6.45, 7) is 19.3. The average molecular weight is 591 g/mol. The van der Waals surface area contributed by atoms with E-state index in [0.717, 1.165) is 44.3 Å². The third-order valence-corrected chi connectivity index (χ3v) is 14.4. The molecule has 0 spiro atoms. The van der Waals surface area contributed by atoms with Crippen molar-refractivity contribution in [2.75, 3.05) is 6.61 Å². The van der Waals surface area contributed by atoms with E-state index in [1.165, 1.54) is 26.2 Å². The maximum atomic E-state index is 12.0. The van der Waals surface area contributed by atoms with Gasteiger partial charge in [0, 0.05) is 29.2 Å². The normalized spacial score (nSPS) is 50.1. The van der Waals surface area contributed by atoms with Gasteiger partial charge in [-0.1, -0.05) is 83.5 Å². The van der Waals surface area contributed by atoms with Crippen LogP contribution in [-0.4, -0.2) is 30.6 Å². The molecule has 2 heterocycles. The van der Waals surface area contributed by atoms with Gasteiger partial charge in [-0.3, -0.25) is 4.79 Å². The van der Waals surface area contributed by atoms with E-state index < -0.39 is 6.29 Å². The first-order valence-corrected chi connectivity index (χ1v) is 17.0. The Morgan fingerprint density at radius 3 is 2.35 bits per heavy atom. The minimum Gasteiger partial charge on any atom is -0.435 e. The van der Waals surface area contributed by atoms with Crippen LogP contribution in [0.1, 0.15) is 119 Å². The van der Waals surface area contributed by atoms with Gasteiger partial charge in [0.25, 0.3) is 0 Å². The Balaban J connectivity index is 1.18. The van der Waals surface area contributed by atoms with Crippen molar-refractivity contribution in [3.8, 4) is 0 Å². The summed E-state index contributed by atoms with van der Waals surface area (Å²) in [5.74, 6) is 1.31. The molecule has 5 fully saturated rings. The van der Waals surface area contributed by atoms with Crippen molar-refractivity contribution in [3.63, 3.8) is 0 Å². The minimum atomic E-state index is -0.491. The van der Waals surface area contributed by atoms with Crippen molar-refractivity contribution < 1.29 is 23.7 Å². The summed E-state index contributed by atoms with van der Waals surface area (Å²) in [7, 11) is 0. The molecule has 3 saturated carbocycles. The first kappa shape index (κ1) is 30.0. The molecule has 2 saturated heterocycles. The number of carbonyl (C=O) groups excluding carboxylic acids is 1. The molecule has 1 aromatic rings. The van der Waals surface area contributed by atoms with Gasteiger partial charge in [-0.15, -0.1) is 0 Å². The van der Waals surface area contributed by atoms with Gasteiger partial charge in [-0.2, -0.15) is 0 Å². The number of allylic oxidation sites excluding steroid dienone is 1. The Bertz CT molecular complexity index is 1300. The number of carbonyl (C=O) groups is 1. The maximum Gasteiger partial charge on any atom is 0.304 e. The zero-order chi connectivity index (χ0) is 30.6. The van der Waals surface area contributed by atoms with Crippen molar-refractivity contribution in [1.82, 2.24) is 0 Å². The van der Waals surface area contributed by atoms with Crippen LogP contribution in [0.4, 0.5) is 0 Å². The summed E-state index contributed by atoms with van der Waals surface area (Å²) >= 11 is 0. The van der Waals surface area contributed by atoms with Crippen LogP contribution >= 0.6 is 0 Å². The van der Waals surface area contributed by atoms with Crippen molar-refractivity contribution in [3.05, 3.63) is 47.5 Å². The quantitative estimate of drug-likeness (QED) is 0.255. The zero-order valence-corrected chi connectivity index (χ0v) is 27.8. The summed E-state index contributed by atoms with van der Waals surface area (Å²) in [6, 6.07) is 10.5. The van der Waals surface area contributed by atoms with Crippen molar-refractivity contribution in [2.24, 2.45) is 44.8 Å². The highest BCUT2D eigenvalue weighted by atomic mass is 16.7. The van der Waals surface area contributed by atoms with Gasteiger partial charge in [-0.05, 0) is 86.4 Å². The predicted octanol–water partition coefficient (Wildman–Crippen LogP) is 8.78. The van der Waals surface area contributed by atoms with Crippen molar-refractivity contribution >= 4 is 5.97 Å². The number of hydrogen-bond donors (Lipinski definition) is 0. The SMILES string of the molecule is CC(=O)O[C@H]1O[C@]2(C)CC[C@]3(C)C(=CC[C@@H]4[C@@]5(C)CCC6OC(c7ccccc7)OC[C@@]6(C)C5CC[C@]43C)[C@H]2CC1(C)C. The lowest BCUT2D eigenvalue weighted by atomic mass is 9.34. The summed E-state index contributed by atoms with van der Waals surface area (Å²) in [6.07, 6.45) is 11.2.